The van der Waals surface area contributed by atoms with Crippen molar-refractivity contribution in [3.8, 4) is 0 Å². The lowest BCUT2D eigenvalue weighted by molar-refractivity contribution is -0.225. The molecule has 3 atom stereocenters. The summed E-state index contributed by atoms with van der Waals surface area (Å²) >= 11 is 0. The summed E-state index contributed by atoms with van der Waals surface area (Å²) < 4.78 is 12.0. The Kier molecular flexibility index (Phi) is 7.06. The predicted octanol–water partition coefficient (Wildman–Crippen LogP) is 5.69. The van der Waals surface area contributed by atoms with E-state index in [0.29, 0.717) is 5.92 Å². The Morgan fingerprint density at radius 3 is 2.20 bits per heavy atom. The summed E-state index contributed by atoms with van der Waals surface area (Å²) in [5, 5.41) is 0. The van der Waals surface area contributed by atoms with E-state index in [1.54, 1.807) is 0 Å². The largest absolute Gasteiger partial charge is 0.435 e. The van der Waals surface area contributed by atoms with E-state index in [1.807, 2.05) is 45.9 Å². The first-order valence-electron chi connectivity index (χ1n) is 9.71. The first-order valence-corrected chi connectivity index (χ1v) is 9.71. The van der Waals surface area contributed by atoms with E-state index in [1.165, 1.54) is 19.3 Å². The number of ether oxygens (including phenoxy) is 2. The van der Waals surface area contributed by atoms with Gasteiger partial charge in [0, 0.05) is 5.92 Å². The van der Waals surface area contributed by atoms with Crippen molar-refractivity contribution in [2.24, 2.45) is 11.8 Å². The van der Waals surface area contributed by atoms with Crippen LogP contribution in [0.3, 0.4) is 0 Å². The summed E-state index contributed by atoms with van der Waals surface area (Å²) in [5.74, 6) is 0.0831. The van der Waals surface area contributed by atoms with Gasteiger partial charge in [0.2, 0.25) is 6.29 Å². The molecule has 0 saturated heterocycles. The molecule has 0 spiro atoms. The van der Waals surface area contributed by atoms with Crippen molar-refractivity contribution in [2.75, 3.05) is 0 Å². The number of benzene rings is 1. The first-order chi connectivity index (χ1) is 11.8. The van der Waals surface area contributed by atoms with E-state index >= 15 is 0 Å². The fourth-order valence-corrected chi connectivity index (χ4v) is 3.44. The van der Waals surface area contributed by atoms with E-state index in [0.717, 1.165) is 18.4 Å². The van der Waals surface area contributed by atoms with Gasteiger partial charge in [-0.25, -0.2) is 0 Å². The molecule has 1 aliphatic carbocycles. The predicted molar refractivity (Wildman–Crippen MR) is 101 cm³/mol. The molecular weight excluding hydrogens is 312 g/mol. The van der Waals surface area contributed by atoms with Gasteiger partial charge < -0.3 is 9.47 Å². The lowest BCUT2D eigenvalue weighted by Crippen LogP contribution is -2.39. The SMILES string of the molecule is CC(C(=O)OC(OC(C)(C)C)C1CCCCC1)C(C)c1ccccc1. The molecule has 1 aliphatic rings. The summed E-state index contributed by atoms with van der Waals surface area (Å²) in [6.45, 7) is 10.1. The smallest absolute Gasteiger partial charge is 0.311 e. The highest BCUT2D eigenvalue weighted by molar-refractivity contribution is 5.73. The number of carbonyl (C=O) groups is 1. The van der Waals surface area contributed by atoms with Crippen LogP contribution in [-0.2, 0) is 14.3 Å². The van der Waals surface area contributed by atoms with Gasteiger partial charge in [0.15, 0.2) is 0 Å². The van der Waals surface area contributed by atoms with Gasteiger partial charge in [-0.3, -0.25) is 4.79 Å². The van der Waals surface area contributed by atoms with Crippen LogP contribution in [0.25, 0.3) is 0 Å². The van der Waals surface area contributed by atoms with Crippen LogP contribution in [0.4, 0.5) is 0 Å². The van der Waals surface area contributed by atoms with E-state index in [-0.39, 0.29) is 23.4 Å². The Morgan fingerprint density at radius 1 is 1.04 bits per heavy atom. The van der Waals surface area contributed by atoms with Crippen LogP contribution < -0.4 is 0 Å². The molecule has 0 N–H and O–H groups in total. The average Bonchev–Trinajstić information content (AvgIpc) is 2.60. The Morgan fingerprint density at radius 2 is 1.64 bits per heavy atom. The second-order valence-corrected chi connectivity index (χ2v) is 8.42. The highest BCUT2D eigenvalue weighted by Gasteiger charge is 2.33. The molecule has 140 valence electrons. The fraction of sp³-hybridized carbons (Fsp3) is 0.682. The molecule has 3 heteroatoms. The van der Waals surface area contributed by atoms with E-state index in [4.69, 9.17) is 9.47 Å². The second-order valence-electron chi connectivity index (χ2n) is 8.42. The number of carbonyl (C=O) groups excluding carboxylic acids is 1. The van der Waals surface area contributed by atoms with Gasteiger partial charge in [-0.15, -0.1) is 0 Å². The minimum Gasteiger partial charge on any atom is -0.435 e. The van der Waals surface area contributed by atoms with Crippen molar-refractivity contribution in [3.05, 3.63) is 35.9 Å². The molecule has 25 heavy (non-hydrogen) atoms. The van der Waals surface area contributed by atoms with Gasteiger partial charge in [0.25, 0.3) is 0 Å². The Bertz CT molecular complexity index is 526. The van der Waals surface area contributed by atoms with E-state index < -0.39 is 6.29 Å². The van der Waals surface area contributed by atoms with Gasteiger partial charge in [0.05, 0.1) is 11.5 Å². The number of esters is 1. The molecule has 3 nitrogen and oxygen atoms in total. The van der Waals surface area contributed by atoms with Crippen molar-refractivity contribution in [2.45, 2.75) is 84.5 Å². The van der Waals surface area contributed by atoms with E-state index in [2.05, 4.69) is 19.1 Å². The molecule has 1 aromatic carbocycles. The molecule has 2 rings (SSSR count). The Hall–Kier alpha value is -1.35. The summed E-state index contributed by atoms with van der Waals surface area (Å²) in [6.07, 6.45) is 5.39. The van der Waals surface area contributed by atoms with Crippen LogP contribution in [0.1, 0.15) is 78.2 Å². The van der Waals surface area contributed by atoms with Crippen LogP contribution in [0.15, 0.2) is 30.3 Å². The maximum absolute atomic E-state index is 12.8. The number of hydrogen-bond donors (Lipinski definition) is 0. The fourth-order valence-electron chi connectivity index (χ4n) is 3.44. The lowest BCUT2D eigenvalue weighted by Gasteiger charge is -2.35. The topological polar surface area (TPSA) is 35.5 Å². The zero-order valence-electron chi connectivity index (χ0n) is 16.5. The summed E-state index contributed by atoms with van der Waals surface area (Å²) in [6, 6.07) is 10.2. The minimum atomic E-state index is -0.432. The van der Waals surface area contributed by atoms with Gasteiger partial charge in [-0.05, 0) is 45.1 Å². The molecule has 1 aromatic rings. The molecule has 3 unspecified atom stereocenters. The molecule has 0 heterocycles. The van der Waals surface area contributed by atoms with Crippen LogP contribution in [0.5, 0.6) is 0 Å². The van der Waals surface area contributed by atoms with Crippen LogP contribution in [0.2, 0.25) is 0 Å². The number of rotatable bonds is 6. The quantitative estimate of drug-likeness (QED) is 0.490. The third-order valence-corrected chi connectivity index (χ3v) is 5.18. The molecule has 1 fully saturated rings. The summed E-state index contributed by atoms with van der Waals surface area (Å²) in [7, 11) is 0. The van der Waals surface area contributed by atoms with Gasteiger partial charge in [0.1, 0.15) is 0 Å². The van der Waals surface area contributed by atoms with Crippen molar-refractivity contribution < 1.29 is 14.3 Å². The van der Waals surface area contributed by atoms with Gasteiger partial charge in [-0.1, -0.05) is 63.4 Å². The highest BCUT2D eigenvalue weighted by Crippen LogP contribution is 2.32. The molecule has 0 radical (unpaired) electrons. The number of hydrogen-bond acceptors (Lipinski definition) is 3. The van der Waals surface area contributed by atoms with Crippen LogP contribution in [-0.4, -0.2) is 17.9 Å². The molecule has 0 amide bonds. The van der Waals surface area contributed by atoms with Crippen LogP contribution >= 0.6 is 0 Å². The summed E-state index contributed by atoms with van der Waals surface area (Å²) in [4.78, 5) is 12.8. The maximum atomic E-state index is 12.8. The Labute approximate surface area is 153 Å². The maximum Gasteiger partial charge on any atom is 0.311 e. The van der Waals surface area contributed by atoms with Crippen molar-refractivity contribution in [1.29, 1.82) is 0 Å². The third-order valence-electron chi connectivity index (χ3n) is 5.18. The molecule has 0 bridgehead atoms. The molecule has 0 aliphatic heterocycles. The lowest BCUT2D eigenvalue weighted by atomic mass is 9.87. The van der Waals surface area contributed by atoms with Crippen molar-refractivity contribution in [1.82, 2.24) is 0 Å². The third kappa shape index (κ3) is 6.14. The average molecular weight is 347 g/mol. The van der Waals surface area contributed by atoms with Crippen LogP contribution in [0, 0.1) is 11.8 Å². The standard InChI is InChI=1S/C22H34O3/c1-16(18-12-8-6-9-13-18)17(2)20(23)24-21(25-22(3,4)5)19-14-10-7-11-15-19/h6,8-9,12-13,16-17,19,21H,7,10-11,14-15H2,1-5H3. The second kappa shape index (κ2) is 8.84. The normalized spacial score (nSPS) is 19.9. The minimum absolute atomic E-state index is 0.121. The monoisotopic (exact) mass is 346 g/mol. The highest BCUT2D eigenvalue weighted by atomic mass is 16.7. The van der Waals surface area contributed by atoms with E-state index in [9.17, 15) is 4.79 Å². The molecular formula is C22H34O3. The zero-order chi connectivity index (χ0) is 18.4. The van der Waals surface area contributed by atoms with Gasteiger partial charge >= 0.3 is 5.97 Å². The Balaban J connectivity index is 2.04. The zero-order valence-corrected chi connectivity index (χ0v) is 16.5. The van der Waals surface area contributed by atoms with Crippen molar-refractivity contribution >= 4 is 5.97 Å². The summed E-state index contributed by atoms with van der Waals surface area (Å²) in [5.41, 5.74) is 0.842. The van der Waals surface area contributed by atoms with Gasteiger partial charge in [-0.2, -0.15) is 0 Å². The van der Waals surface area contributed by atoms with Crippen molar-refractivity contribution in [3.63, 3.8) is 0 Å². The molecule has 1 saturated carbocycles. The first kappa shape index (κ1) is 20.0. The molecule has 0 aromatic heterocycles.